The Hall–Kier alpha value is -1.10. The molecule has 1 aliphatic heterocycles. The zero-order valence-corrected chi connectivity index (χ0v) is 9.99. The van der Waals surface area contributed by atoms with E-state index in [1.807, 2.05) is 0 Å². The largest absolute Gasteiger partial charge is 0.461 e. The molecule has 90 valence electrons. The predicted molar refractivity (Wildman–Crippen MR) is 56.8 cm³/mol. The number of alkyl halides is 1. The van der Waals surface area contributed by atoms with Crippen LogP contribution in [0.2, 0.25) is 0 Å². The average molecular weight is 248 g/mol. The molecule has 1 fully saturated rings. The van der Waals surface area contributed by atoms with Gasteiger partial charge in [-0.15, -0.1) is 11.6 Å². The fourth-order valence-corrected chi connectivity index (χ4v) is 1.72. The number of hydrogen-bond donors (Lipinski definition) is 0. The maximum atomic E-state index is 11.6. The minimum absolute atomic E-state index is 0.181. The van der Waals surface area contributed by atoms with Gasteiger partial charge in [-0.05, 0) is 20.3 Å². The lowest BCUT2D eigenvalue weighted by Gasteiger charge is -2.21. The third-order valence-corrected chi connectivity index (χ3v) is 2.45. The number of halogens is 1. The first-order valence-electron chi connectivity index (χ1n) is 5.08. The van der Waals surface area contributed by atoms with E-state index in [0.29, 0.717) is 6.42 Å². The van der Waals surface area contributed by atoms with Crippen LogP contribution in [0.1, 0.15) is 26.7 Å². The second kappa shape index (κ2) is 5.30. The summed E-state index contributed by atoms with van der Waals surface area (Å²) in [4.78, 5) is 35.3. The highest BCUT2D eigenvalue weighted by atomic mass is 35.5. The first kappa shape index (κ1) is 13.0. The van der Waals surface area contributed by atoms with Crippen molar-refractivity contribution in [3.05, 3.63) is 0 Å². The molecule has 5 nitrogen and oxygen atoms in total. The maximum Gasteiger partial charge on any atom is 0.329 e. The van der Waals surface area contributed by atoms with Crippen LogP contribution in [0.25, 0.3) is 0 Å². The monoisotopic (exact) mass is 247 g/mol. The number of ether oxygens (including phenoxy) is 1. The number of carbonyl (C=O) groups is 3. The Labute approximate surface area is 98.7 Å². The molecule has 16 heavy (non-hydrogen) atoms. The SMILES string of the molecule is CC(C)OC(=O)C1CCC(=O)N1C(=O)CCl. The molecule has 6 heteroatoms. The van der Waals surface area contributed by atoms with Crippen molar-refractivity contribution in [2.75, 3.05) is 5.88 Å². The number of nitrogens with zero attached hydrogens (tertiary/aromatic N) is 1. The quantitative estimate of drug-likeness (QED) is 0.544. The van der Waals surface area contributed by atoms with E-state index in [1.165, 1.54) is 0 Å². The molecule has 1 heterocycles. The molecule has 0 bridgehead atoms. The molecule has 0 spiro atoms. The van der Waals surface area contributed by atoms with Gasteiger partial charge in [0, 0.05) is 6.42 Å². The lowest BCUT2D eigenvalue weighted by Crippen LogP contribution is -2.44. The molecule has 0 aromatic rings. The smallest absolute Gasteiger partial charge is 0.329 e. The second-order valence-electron chi connectivity index (χ2n) is 3.83. The molecule has 0 aliphatic carbocycles. The highest BCUT2D eigenvalue weighted by Crippen LogP contribution is 2.20. The van der Waals surface area contributed by atoms with Crippen LogP contribution < -0.4 is 0 Å². The van der Waals surface area contributed by atoms with Gasteiger partial charge in [-0.1, -0.05) is 0 Å². The van der Waals surface area contributed by atoms with Crippen LogP contribution in [0, 0.1) is 0 Å². The Balaban J connectivity index is 2.75. The normalized spacial score (nSPS) is 20.4. The lowest BCUT2D eigenvalue weighted by atomic mass is 10.2. The van der Waals surface area contributed by atoms with Crippen molar-refractivity contribution in [3.8, 4) is 0 Å². The van der Waals surface area contributed by atoms with Gasteiger partial charge in [0.1, 0.15) is 11.9 Å². The van der Waals surface area contributed by atoms with E-state index in [-0.39, 0.29) is 24.3 Å². The number of hydrogen-bond acceptors (Lipinski definition) is 4. The maximum absolute atomic E-state index is 11.6. The van der Waals surface area contributed by atoms with Crippen molar-refractivity contribution < 1.29 is 19.1 Å². The number of likely N-dealkylation sites (tertiary alicyclic amines) is 1. The second-order valence-corrected chi connectivity index (χ2v) is 4.10. The Morgan fingerprint density at radius 1 is 1.56 bits per heavy atom. The summed E-state index contributed by atoms with van der Waals surface area (Å²) >= 11 is 5.38. The lowest BCUT2D eigenvalue weighted by molar-refractivity contribution is -0.159. The van der Waals surface area contributed by atoms with Crippen molar-refractivity contribution in [1.29, 1.82) is 0 Å². The van der Waals surface area contributed by atoms with Gasteiger partial charge >= 0.3 is 5.97 Å². The van der Waals surface area contributed by atoms with Crippen molar-refractivity contribution in [2.45, 2.75) is 38.8 Å². The van der Waals surface area contributed by atoms with Crippen LogP contribution in [-0.4, -0.2) is 40.7 Å². The number of carbonyl (C=O) groups excluding carboxylic acids is 3. The van der Waals surface area contributed by atoms with Crippen molar-refractivity contribution in [2.24, 2.45) is 0 Å². The number of amides is 2. The van der Waals surface area contributed by atoms with E-state index >= 15 is 0 Å². The topological polar surface area (TPSA) is 63.7 Å². The molecule has 2 amide bonds. The van der Waals surface area contributed by atoms with Gasteiger partial charge in [0.05, 0.1) is 6.10 Å². The van der Waals surface area contributed by atoms with E-state index in [1.54, 1.807) is 13.8 Å². The molecule has 1 saturated heterocycles. The van der Waals surface area contributed by atoms with Crippen LogP contribution in [0.5, 0.6) is 0 Å². The molecular weight excluding hydrogens is 234 g/mol. The highest BCUT2D eigenvalue weighted by molar-refractivity contribution is 6.28. The van der Waals surface area contributed by atoms with Crippen LogP contribution in [0.4, 0.5) is 0 Å². The third-order valence-electron chi connectivity index (χ3n) is 2.22. The molecule has 0 aromatic heterocycles. The van der Waals surface area contributed by atoms with Gasteiger partial charge < -0.3 is 4.74 Å². The van der Waals surface area contributed by atoms with Crippen LogP contribution in [0.15, 0.2) is 0 Å². The number of esters is 1. The van der Waals surface area contributed by atoms with Gasteiger partial charge in [0.25, 0.3) is 0 Å². The van der Waals surface area contributed by atoms with Crippen LogP contribution in [0.3, 0.4) is 0 Å². The molecule has 0 radical (unpaired) electrons. The highest BCUT2D eigenvalue weighted by Gasteiger charge is 2.40. The zero-order chi connectivity index (χ0) is 12.3. The van der Waals surface area contributed by atoms with Gasteiger partial charge in [-0.3, -0.25) is 14.5 Å². The van der Waals surface area contributed by atoms with Gasteiger partial charge in [-0.25, -0.2) is 4.79 Å². The number of rotatable bonds is 3. The summed E-state index contributed by atoms with van der Waals surface area (Å²) in [5.74, 6) is -1.76. The summed E-state index contributed by atoms with van der Waals surface area (Å²) in [6.45, 7) is 3.42. The molecular formula is C10H14ClNO4. The molecule has 0 saturated carbocycles. The predicted octanol–water partition coefficient (Wildman–Crippen LogP) is 0.694. The fourth-order valence-electron chi connectivity index (χ4n) is 1.59. The summed E-state index contributed by atoms with van der Waals surface area (Å²) in [6, 6.07) is -0.804. The molecule has 0 N–H and O–H groups in total. The molecule has 1 rings (SSSR count). The first-order chi connectivity index (χ1) is 7.47. The summed E-state index contributed by atoms with van der Waals surface area (Å²) in [5, 5.41) is 0. The van der Waals surface area contributed by atoms with Crippen LogP contribution >= 0.6 is 11.6 Å². The molecule has 1 aliphatic rings. The van der Waals surface area contributed by atoms with E-state index in [9.17, 15) is 14.4 Å². The Morgan fingerprint density at radius 2 is 2.19 bits per heavy atom. The zero-order valence-electron chi connectivity index (χ0n) is 9.23. The Bertz CT molecular complexity index is 316. The van der Waals surface area contributed by atoms with E-state index < -0.39 is 17.9 Å². The van der Waals surface area contributed by atoms with Gasteiger partial charge in [0.2, 0.25) is 11.8 Å². The van der Waals surface area contributed by atoms with Crippen molar-refractivity contribution >= 4 is 29.4 Å². The van der Waals surface area contributed by atoms with E-state index in [0.717, 1.165) is 4.90 Å². The summed E-state index contributed by atoms with van der Waals surface area (Å²) in [5.41, 5.74) is 0. The first-order valence-corrected chi connectivity index (χ1v) is 5.62. The van der Waals surface area contributed by atoms with E-state index in [2.05, 4.69) is 0 Å². The summed E-state index contributed by atoms with van der Waals surface area (Å²) < 4.78 is 4.98. The third kappa shape index (κ3) is 2.72. The van der Waals surface area contributed by atoms with E-state index in [4.69, 9.17) is 16.3 Å². The Morgan fingerprint density at radius 3 is 2.69 bits per heavy atom. The van der Waals surface area contributed by atoms with Gasteiger partial charge in [-0.2, -0.15) is 0 Å². The average Bonchev–Trinajstić information content (AvgIpc) is 2.58. The van der Waals surface area contributed by atoms with Crippen LogP contribution in [-0.2, 0) is 19.1 Å². The summed E-state index contributed by atoms with van der Waals surface area (Å²) in [7, 11) is 0. The van der Waals surface area contributed by atoms with Crippen molar-refractivity contribution in [3.63, 3.8) is 0 Å². The standard InChI is InChI=1S/C10H14ClNO4/c1-6(2)16-10(15)7-3-4-8(13)12(7)9(14)5-11/h6-7H,3-5H2,1-2H3. The minimum Gasteiger partial charge on any atom is -0.461 e. The molecule has 0 aromatic carbocycles. The van der Waals surface area contributed by atoms with Gasteiger partial charge in [0.15, 0.2) is 0 Å². The fraction of sp³-hybridized carbons (Fsp3) is 0.700. The van der Waals surface area contributed by atoms with Crippen molar-refractivity contribution in [1.82, 2.24) is 4.90 Å². The Kier molecular flexibility index (Phi) is 4.29. The molecule has 1 unspecified atom stereocenters. The number of imide groups is 1. The minimum atomic E-state index is -0.804. The summed E-state index contributed by atoms with van der Waals surface area (Å²) in [6.07, 6.45) is 0.226. The molecule has 1 atom stereocenters.